The summed E-state index contributed by atoms with van der Waals surface area (Å²) in [5.41, 5.74) is 1.14. The maximum Gasteiger partial charge on any atom is 0.319 e. The van der Waals surface area contributed by atoms with Gasteiger partial charge in [0.25, 0.3) is 0 Å². The van der Waals surface area contributed by atoms with Crippen LogP contribution in [0.2, 0.25) is 0 Å². The van der Waals surface area contributed by atoms with Gasteiger partial charge in [0.2, 0.25) is 0 Å². The second-order valence-corrected chi connectivity index (χ2v) is 10.9. The van der Waals surface area contributed by atoms with Gasteiger partial charge < -0.3 is 15.7 Å². The Kier molecular flexibility index (Phi) is 5.17. The zero-order chi connectivity index (χ0) is 21.8. The van der Waals surface area contributed by atoms with Crippen LogP contribution in [0.3, 0.4) is 0 Å². The number of benzene rings is 1. The number of hydrogen-bond acceptors (Lipinski definition) is 3. The van der Waals surface area contributed by atoms with Gasteiger partial charge in [-0.15, -0.1) is 0 Å². The number of urea groups is 1. The minimum Gasteiger partial charge on any atom is -0.375 e. The lowest BCUT2D eigenvalue weighted by Gasteiger charge is -2.61. The van der Waals surface area contributed by atoms with Crippen molar-refractivity contribution in [2.45, 2.75) is 70.7 Å². The van der Waals surface area contributed by atoms with E-state index < -0.39 is 6.23 Å². The summed E-state index contributed by atoms with van der Waals surface area (Å²) in [4.78, 5) is 14.9. The third-order valence-electron chi connectivity index (χ3n) is 9.60. The summed E-state index contributed by atoms with van der Waals surface area (Å²) < 4.78 is 0. The van der Waals surface area contributed by atoms with Crippen LogP contribution in [0.15, 0.2) is 42.5 Å². The number of nitrogens with zero attached hydrogens (tertiary/aromatic N) is 1. The molecule has 0 spiro atoms. The Morgan fingerprint density at radius 3 is 2.61 bits per heavy atom. The number of amides is 2. The summed E-state index contributed by atoms with van der Waals surface area (Å²) in [7, 11) is 2.07. The molecule has 1 aromatic carbocycles. The first-order chi connectivity index (χ1) is 14.8. The number of nitrogens with one attached hydrogen (secondary N) is 2. The van der Waals surface area contributed by atoms with Crippen molar-refractivity contribution in [3.05, 3.63) is 42.5 Å². The lowest BCUT2D eigenvalue weighted by Crippen LogP contribution is -2.61. The molecular formula is C26H37N3O2. The molecule has 1 aliphatic heterocycles. The van der Waals surface area contributed by atoms with Crippen LogP contribution < -0.4 is 10.6 Å². The largest absolute Gasteiger partial charge is 0.375 e. The molecule has 1 unspecified atom stereocenters. The van der Waals surface area contributed by atoms with Gasteiger partial charge in [-0.2, -0.15) is 0 Å². The Labute approximate surface area is 186 Å². The quantitative estimate of drug-likeness (QED) is 0.609. The fourth-order valence-electron chi connectivity index (χ4n) is 7.95. The monoisotopic (exact) mass is 423 g/mol. The summed E-state index contributed by atoms with van der Waals surface area (Å²) >= 11 is 0. The third kappa shape index (κ3) is 3.32. The van der Waals surface area contributed by atoms with Crippen LogP contribution in [0.4, 0.5) is 10.5 Å². The van der Waals surface area contributed by atoms with Crippen LogP contribution in [0.25, 0.3) is 0 Å². The SMILES string of the molecule is CN1C(O)C=C[C@]2(C)[C@H]3CC[C@]4(C)[C@@H](NC(=O)Nc5ccccc5)CC[C@H]4[C@@H]3CC[C@@H]12. The van der Waals surface area contributed by atoms with Gasteiger partial charge in [0.1, 0.15) is 6.23 Å². The number of aliphatic hydroxyl groups excluding tert-OH is 1. The molecule has 0 aromatic heterocycles. The third-order valence-corrected chi connectivity index (χ3v) is 9.60. The highest BCUT2D eigenvalue weighted by molar-refractivity contribution is 5.89. The van der Waals surface area contributed by atoms with Crippen LogP contribution in [-0.4, -0.2) is 41.4 Å². The number of carbonyl (C=O) groups is 1. The molecule has 0 bridgehead atoms. The molecule has 1 heterocycles. The van der Waals surface area contributed by atoms with E-state index in [4.69, 9.17) is 0 Å². The highest BCUT2D eigenvalue weighted by Gasteiger charge is 2.60. The second-order valence-electron chi connectivity index (χ2n) is 10.9. The van der Waals surface area contributed by atoms with E-state index in [1.54, 1.807) is 0 Å². The van der Waals surface area contributed by atoms with E-state index in [0.29, 0.717) is 23.8 Å². The minimum absolute atomic E-state index is 0.0818. The number of anilines is 1. The lowest BCUT2D eigenvalue weighted by atomic mass is 9.48. The Balaban J connectivity index is 1.32. The number of para-hydroxylation sites is 1. The van der Waals surface area contributed by atoms with Gasteiger partial charge in [-0.05, 0) is 87.0 Å². The number of fused-ring (bicyclic) bond motifs is 5. The Bertz CT molecular complexity index is 857. The van der Waals surface area contributed by atoms with Crippen molar-refractivity contribution >= 4 is 11.7 Å². The summed E-state index contributed by atoms with van der Waals surface area (Å²) in [6.07, 6.45) is 10.9. The van der Waals surface area contributed by atoms with Gasteiger partial charge in [-0.3, -0.25) is 4.90 Å². The van der Waals surface area contributed by atoms with Gasteiger partial charge >= 0.3 is 6.03 Å². The maximum atomic E-state index is 12.7. The van der Waals surface area contributed by atoms with E-state index >= 15 is 0 Å². The van der Waals surface area contributed by atoms with Crippen molar-refractivity contribution < 1.29 is 9.90 Å². The Hall–Kier alpha value is -1.85. The zero-order valence-electron chi connectivity index (χ0n) is 19.1. The standard InChI is InChI=1S/C26H37N3O2/c1-25-15-13-20-18(9-12-22-26(20,2)16-14-23(30)29(22)3)19(25)10-11-21(25)28-24(31)27-17-7-5-4-6-8-17/h4-8,14,16,18-23,30H,9-13,15H2,1-3H3,(H2,27,28,31)/t18-,19-,20-,21-,22+,23?,25-,26+/m0/s1. The summed E-state index contributed by atoms with van der Waals surface area (Å²) in [5.74, 6) is 2.03. The van der Waals surface area contributed by atoms with Gasteiger partial charge in [-0.25, -0.2) is 4.79 Å². The fourth-order valence-corrected chi connectivity index (χ4v) is 7.95. The van der Waals surface area contributed by atoms with Crippen molar-refractivity contribution in [2.75, 3.05) is 12.4 Å². The number of likely N-dealkylation sites (N-methyl/N-ethyl adjacent to an activating group) is 1. The molecule has 31 heavy (non-hydrogen) atoms. The zero-order valence-corrected chi connectivity index (χ0v) is 19.1. The summed E-state index contributed by atoms with van der Waals surface area (Å²) in [6.45, 7) is 4.85. The van der Waals surface area contributed by atoms with Crippen LogP contribution >= 0.6 is 0 Å². The molecule has 4 aliphatic rings. The predicted octanol–water partition coefficient (Wildman–Crippen LogP) is 4.61. The van der Waals surface area contributed by atoms with Crippen molar-refractivity contribution in [3.8, 4) is 0 Å². The normalized spacial score (nSPS) is 44.1. The molecule has 5 heteroatoms. The van der Waals surface area contributed by atoms with E-state index in [1.165, 1.54) is 19.3 Å². The van der Waals surface area contributed by atoms with Crippen LogP contribution in [0.5, 0.6) is 0 Å². The van der Waals surface area contributed by atoms with Crippen LogP contribution in [0, 0.1) is 28.6 Å². The molecule has 3 fully saturated rings. The van der Waals surface area contributed by atoms with E-state index in [-0.39, 0.29) is 22.9 Å². The van der Waals surface area contributed by atoms with Crippen LogP contribution in [-0.2, 0) is 0 Å². The summed E-state index contributed by atoms with van der Waals surface area (Å²) in [5, 5.41) is 16.7. The lowest BCUT2D eigenvalue weighted by molar-refractivity contribution is -0.112. The van der Waals surface area contributed by atoms with E-state index in [1.807, 2.05) is 36.4 Å². The predicted molar refractivity (Wildman–Crippen MR) is 123 cm³/mol. The average molecular weight is 424 g/mol. The Morgan fingerprint density at radius 1 is 1.06 bits per heavy atom. The van der Waals surface area contributed by atoms with Crippen LogP contribution in [0.1, 0.15) is 52.4 Å². The van der Waals surface area contributed by atoms with E-state index in [2.05, 4.69) is 42.5 Å². The average Bonchev–Trinajstić information content (AvgIpc) is 3.08. The first-order valence-corrected chi connectivity index (χ1v) is 12.0. The number of aliphatic hydroxyl groups is 1. The highest BCUT2D eigenvalue weighted by Crippen LogP contribution is 2.64. The number of carbonyl (C=O) groups excluding carboxylic acids is 1. The van der Waals surface area contributed by atoms with E-state index in [0.717, 1.165) is 24.9 Å². The molecule has 0 saturated heterocycles. The maximum absolute atomic E-state index is 12.7. The first-order valence-electron chi connectivity index (χ1n) is 12.0. The van der Waals surface area contributed by atoms with Gasteiger partial charge in [-0.1, -0.05) is 38.1 Å². The highest BCUT2D eigenvalue weighted by atomic mass is 16.3. The smallest absolute Gasteiger partial charge is 0.319 e. The first kappa shape index (κ1) is 21.0. The molecule has 2 amide bonds. The molecule has 3 N–H and O–H groups in total. The molecule has 5 rings (SSSR count). The number of hydrogen-bond donors (Lipinski definition) is 3. The molecule has 1 aromatic rings. The molecule has 5 nitrogen and oxygen atoms in total. The number of rotatable bonds is 2. The van der Waals surface area contributed by atoms with Crippen molar-refractivity contribution in [2.24, 2.45) is 28.6 Å². The molecule has 3 aliphatic carbocycles. The second kappa shape index (κ2) is 7.63. The van der Waals surface area contributed by atoms with Crippen molar-refractivity contribution in [1.82, 2.24) is 10.2 Å². The van der Waals surface area contributed by atoms with Crippen molar-refractivity contribution in [1.29, 1.82) is 0 Å². The Morgan fingerprint density at radius 2 is 1.84 bits per heavy atom. The van der Waals surface area contributed by atoms with Crippen molar-refractivity contribution in [3.63, 3.8) is 0 Å². The van der Waals surface area contributed by atoms with Gasteiger partial charge in [0.05, 0.1) is 0 Å². The van der Waals surface area contributed by atoms with E-state index in [9.17, 15) is 9.90 Å². The summed E-state index contributed by atoms with van der Waals surface area (Å²) in [6, 6.07) is 10.3. The molecule has 168 valence electrons. The molecule has 3 saturated carbocycles. The van der Waals surface area contributed by atoms with Gasteiger partial charge in [0, 0.05) is 23.2 Å². The molecular weight excluding hydrogens is 386 g/mol. The topological polar surface area (TPSA) is 64.6 Å². The van der Waals surface area contributed by atoms with Gasteiger partial charge in [0.15, 0.2) is 0 Å². The molecule has 0 radical (unpaired) electrons. The fraction of sp³-hybridized carbons (Fsp3) is 0.654. The minimum atomic E-state index is -0.452. The molecule has 8 atom stereocenters.